The maximum absolute atomic E-state index is 11.7. The van der Waals surface area contributed by atoms with Crippen molar-refractivity contribution in [1.29, 1.82) is 0 Å². The normalized spacial score (nSPS) is 15.1. The van der Waals surface area contributed by atoms with E-state index in [1.54, 1.807) is 13.0 Å². The Morgan fingerprint density at radius 3 is 2.07 bits per heavy atom. The molecular weight excluding hydrogens is 388 g/mol. The van der Waals surface area contributed by atoms with Crippen LogP contribution in [0.15, 0.2) is 114 Å². The Kier molecular flexibility index (Phi) is 5.92. The van der Waals surface area contributed by atoms with Gasteiger partial charge in [-0.15, -0.1) is 0 Å². The minimum atomic E-state index is 0.0193. The molecule has 146 valence electrons. The van der Waals surface area contributed by atoms with Crippen molar-refractivity contribution in [3.63, 3.8) is 0 Å². The van der Waals surface area contributed by atoms with Crippen molar-refractivity contribution in [3.05, 3.63) is 136 Å². The van der Waals surface area contributed by atoms with Crippen LogP contribution in [0, 0.1) is 0 Å². The number of halogens is 1. The highest BCUT2D eigenvalue weighted by Gasteiger charge is 2.22. The summed E-state index contributed by atoms with van der Waals surface area (Å²) in [6, 6.07) is 28.4. The largest absolute Gasteiger partial charge is 0.295 e. The van der Waals surface area contributed by atoms with Gasteiger partial charge in [0.1, 0.15) is 0 Å². The topological polar surface area (TPSA) is 17.1 Å². The molecule has 0 fully saturated rings. The number of allylic oxidation sites excluding steroid dienone is 7. The van der Waals surface area contributed by atoms with E-state index >= 15 is 0 Å². The average Bonchev–Trinajstić information content (AvgIpc) is 3.12. The fourth-order valence-corrected chi connectivity index (χ4v) is 3.73. The van der Waals surface area contributed by atoms with Crippen molar-refractivity contribution in [2.75, 3.05) is 0 Å². The van der Waals surface area contributed by atoms with Gasteiger partial charge in [0.05, 0.1) is 0 Å². The van der Waals surface area contributed by atoms with Crippen molar-refractivity contribution >= 4 is 34.6 Å². The molecule has 1 nitrogen and oxygen atoms in total. The average molecular weight is 409 g/mol. The predicted molar refractivity (Wildman–Crippen MR) is 127 cm³/mol. The van der Waals surface area contributed by atoms with Crippen LogP contribution in [0.1, 0.15) is 23.6 Å². The number of rotatable bonds is 5. The van der Waals surface area contributed by atoms with Gasteiger partial charge in [-0.2, -0.15) is 0 Å². The molecule has 1 aliphatic rings. The predicted octanol–water partition coefficient (Wildman–Crippen LogP) is 7.42. The van der Waals surface area contributed by atoms with Gasteiger partial charge < -0.3 is 0 Å². The molecule has 0 amide bonds. The Bertz CT molecular complexity index is 1180. The highest BCUT2D eigenvalue weighted by atomic mass is 35.5. The van der Waals surface area contributed by atoms with Crippen molar-refractivity contribution in [2.24, 2.45) is 0 Å². The fraction of sp³-hybridized carbons (Fsp3) is 0.0357. The number of carbonyl (C=O) groups is 1. The lowest BCUT2D eigenvalue weighted by atomic mass is 9.93. The fourth-order valence-electron chi connectivity index (χ4n) is 3.61. The Morgan fingerprint density at radius 1 is 0.800 bits per heavy atom. The van der Waals surface area contributed by atoms with Crippen LogP contribution in [0.3, 0.4) is 0 Å². The van der Waals surface area contributed by atoms with E-state index in [9.17, 15) is 4.79 Å². The Labute approximate surface area is 182 Å². The van der Waals surface area contributed by atoms with Crippen molar-refractivity contribution < 1.29 is 4.79 Å². The van der Waals surface area contributed by atoms with Crippen LogP contribution in [0.25, 0.3) is 17.2 Å². The van der Waals surface area contributed by atoms with Crippen molar-refractivity contribution in [3.8, 4) is 0 Å². The van der Waals surface area contributed by atoms with Gasteiger partial charge in [-0.25, -0.2) is 0 Å². The molecule has 3 aromatic rings. The number of benzene rings is 3. The zero-order chi connectivity index (χ0) is 20.9. The first-order valence-corrected chi connectivity index (χ1v) is 10.2. The Hall–Kier alpha value is -3.42. The first kappa shape index (κ1) is 19.9. The third-order valence-corrected chi connectivity index (χ3v) is 5.22. The van der Waals surface area contributed by atoms with Gasteiger partial charge in [-0.3, -0.25) is 4.79 Å². The van der Waals surface area contributed by atoms with Gasteiger partial charge >= 0.3 is 0 Å². The molecule has 1 aliphatic carbocycles. The highest BCUT2D eigenvalue weighted by molar-refractivity contribution is 6.30. The lowest BCUT2D eigenvalue weighted by Crippen LogP contribution is -1.91. The van der Waals surface area contributed by atoms with E-state index in [-0.39, 0.29) is 5.78 Å². The molecule has 0 N–H and O–H groups in total. The SMILES string of the molecule is CC(=O)/C=C\C1=C(c2ccccc2)C(=C/c2ccccc2)/C=C1c1ccc(Cl)cc1. The molecule has 0 saturated heterocycles. The third kappa shape index (κ3) is 4.42. The van der Waals surface area contributed by atoms with Gasteiger partial charge in [0.25, 0.3) is 0 Å². The summed E-state index contributed by atoms with van der Waals surface area (Å²) in [5, 5.41) is 0.700. The maximum Gasteiger partial charge on any atom is 0.152 e. The van der Waals surface area contributed by atoms with E-state index in [0.29, 0.717) is 5.02 Å². The molecule has 2 heteroatoms. The van der Waals surface area contributed by atoms with Crippen LogP contribution < -0.4 is 0 Å². The molecule has 4 rings (SSSR count). The minimum Gasteiger partial charge on any atom is -0.295 e. The van der Waals surface area contributed by atoms with Crippen LogP contribution in [-0.4, -0.2) is 5.78 Å². The Balaban J connectivity index is 1.96. The summed E-state index contributed by atoms with van der Waals surface area (Å²) in [5.41, 5.74) is 7.63. The zero-order valence-electron chi connectivity index (χ0n) is 16.7. The van der Waals surface area contributed by atoms with E-state index in [4.69, 9.17) is 11.6 Å². The molecule has 0 spiro atoms. The molecule has 30 heavy (non-hydrogen) atoms. The monoisotopic (exact) mass is 408 g/mol. The lowest BCUT2D eigenvalue weighted by Gasteiger charge is -2.10. The second-order valence-corrected chi connectivity index (χ2v) is 7.61. The number of carbonyl (C=O) groups excluding carboxylic acids is 1. The van der Waals surface area contributed by atoms with Crippen LogP contribution in [0.5, 0.6) is 0 Å². The van der Waals surface area contributed by atoms with Crippen LogP contribution in [0.2, 0.25) is 5.02 Å². The first-order valence-electron chi connectivity index (χ1n) is 9.85. The molecular formula is C28H21ClO. The molecule has 0 radical (unpaired) electrons. The summed E-state index contributed by atoms with van der Waals surface area (Å²) in [4.78, 5) is 11.7. The van der Waals surface area contributed by atoms with Gasteiger partial charge in [0, 0.05) is 5.02 Å². The van der Waals surface area contributed by atoms with E-state index < -0.39 is 0 Å². The second-order valence-electron chi connectivity index (χ2n) is 7.17. The van der Waals surface area contributed by atoms with Gasteiger partial charge in [0.2, 0.25) is 0 Å². The second kappa shape index (κ2) is 8.94. The molecule has 3 aromatic carbocycles. The summed E-state index contributed by atoms with van der Waals surface area (Å²) < 4.78 is 0. The van der Waals surface area contributed by atoms with E-state index in [1.165, 1.54) is 0 Å². The minimum absolute atomic E-state index is 0.0193. The van der Waals surface area contributed by atoms with Crippen molar-refractivity contribution in [1.82, 2.24) is 0 Å². The highest BCUT2D eigenvalue weighted by Crippen LogP contribution is 2.43. The van der Waals surface area contributed by atoms with E-state index in [1.807, 2.05) is 66.7 Å². The summed E-state index contributed by atoms with van der Waals surface area (Å²) in [6.07, 6.45) is 7.94. The van der Waals surface area contributed by atoms with E-state index in [2.05, 4.69) is 36.4 Å². The molecule has 0 atom stereocenters. The smallest absolute Gasteiger partial charge is 0.152 e. The lowest BCUT2D eigenvalue weighted by molar-refractivity contribution is -0.112. The molecule has 0 saturated carbocycles. The Morgan fingerprint density at radius 2 is 1.43 bits per heavy atom. The molecule has 0 unspecified atom stereocenters. The zero-order valence-corrected chi connectivity index (χ0v) is 17.4. The summed E-state index contributed by atoms with van der Waals surface area (Å²) in [7, 11) is 0. The number of hydrogen-bond donors (Lipinski definition) is 0. The number of ketones is 1. The van der Waals surface area contributed by atoms with Crippen LogP contribution in [-0.2, 0) is 4.79 Å². The number of hydrogen-bond acceptors (Lipinski definition) is 1. The molecule has 0 aliphatic heterocycles. The summed E-state index contributed by atoms with van der Waals surface area (Å²) >= 11 is 6.12. The van der Waals surface area contributed by atoms with Gasteiger partial charge in [0.15, 0.2) is 5.78 Å². The molecule has 0 bridgehead atoms. The van der Waals surface area contributed by atoms with Gasteiger partial charge in [-0.1, -0.05) is 90.5 Å². The van der Waals surface area contributed by atoms with Crippen molar-refractivity contribution in [2.45, 2.75) is 6.92 Å². The summed E-state index contributed by atoms with van der Waals surface area (Å²) in [6.45, 7) is 1.57. The quantitative estimate of drug-likeness (QED) is 0.401. The van der Waals surface area contributed by atoms with E-state index in [0.717, 1.165) is 39.0 Å². The standard InChI is InChI=1S/C28H21ClO/c1-20(30)12-17-26-27(22-13-15-25(29)16-14-22)19-24(18-21-8-4-2-5-9-21)28(26)23-10-6-3-7-11-23/h2-19H,1H3/b17-12-,24-18+. The molecule has 0 aromatic heterocycles. The van der Waals surface area contributed by atoms with Gasteiger partial charge in [-0.05, 0) is 76.3 Å². The maximum atomic E-state index is 11.7. The van der Waals surface area contributed by atoms with Crippen LogP contribution in [0.4, 0.5) is 0 Å². The van der Waals surface area contributed by atoms with Crippen LogP contribution >= 0.6 is 11.6 Å². The third-order valence-electron chi connectivity index (χ3n) is 4.97. The first-order chi connectivity index (χ1) is 14.6. The summed E-state index contributed by atoms with van der Waals surface area (Å²) in [5.74, 6) is 0.0193. The molecule has 0 heterocycles.